The van der Waals surface area contributed by atoms with Crippen molar-refractivity contribution in [2.75, 3.05) is 47.0 Å². The van der Waals surface area contributed by atoms with Crippen LogP contribution in [0.2, 0.25) is 0 Å². The maximum Gasteiger partial charge on any atom is 0.234 e. The Morgan fingerprint density at radius 3 is 2.52 bits per heavy atom. The van der Waals surface area contributed by atoms with E-state index in [1.807, 2.05) is 24.1 Å². The summed E-state index contributed by atoms with van der Waals surface area (Å²) in [6.07, 6.45) is 0.926. The van der Waals surface area contributed by atoms with Crippen LogP contribution in [0.1, 0.15) is 31.7 Å². The van der Waals surface area contributed by atoms with Crippen molar-refractivity contribution in [1.29, 1.82) is 0 Å². The molecular weight excluding hydrogens is 292 g/mol. The van der Waals surface area contributed by atoms with E-state index in [0.29, 0.717) is 25.6 Å². The minimum Gasteiger partial charge on any atom is -0.492 e. The van der Waals surface area contributed by atoms with Crippen molar-refractivity contribution in [1.82, 2.24) is 10.2 Å². The number of hydrogen-bond donors (Lipinski definition) is 1. The molecule has 5 nitrogen and oxygen atoms in total. The molecule has 1 aromatic carbocycles. The van der Waals surface area contributed by atoms with Crippen LogP contribution in [0.3, 0.4) is 0 Å². The van der Waals surface area contributed by atoms with Crippen LogP contribution in [-0.2, 0) is 9.53 Å². The quantitative estimate of drug-likeness (QED) is 0.635. The van der Waals surface area contributed by atoms with Gasteiger partial charge in [-0.1, -0.05) is 26.0 Å². The average Bonchev–Trinajstić information content (AvgIpc) is 2.52. The average molecular weight is 322 g/mol. The van der Waals surface area contributed by atoms with Gasteiger partial charge in [0.2, 0.25) is 5.91 Å². The molecule has 0 aromatic heterocycles. The van der Waals surface area contributed by atoms with Crippen LogP contribution in [0, 0.1) is 0 Å². The second-order valence-corrected chi connectivity index (χ2v) is 6.01. The smallest absolute Gasteiger partial charge is 0.234 e. The molecule has 23 heavy (non-hydrogen) atoms. The predicted octanol–water partition coefficient (Wildman–Crippen LogP) is 2.27. The fourth-order valence-corrected chi connectivity index (χ4v) is 2.17. The summed E-state index contributed by atoms with van der Waals surface area (Å²) < 4.78 is 10.6. The van der Waals surface area contributed by atoms with Gasteiger partial charge in [0.25, 0.3) is 0 Å². The maximum absolute atomic E-state index is 11.8. The van der Waals surface area contributed by atoms with Crippen molar-refractivity contribution in [3.8, 4) is 5.75 Å². The molecule has 0 fully saturated rings. The monoisotopic (exact) mass is 322 g/mol. The van der Waals surface area contributed by atoms with Gasteiger partial charge in [-0.25, -0.2) is 0 Å². The number of amides is 1. The minimum absolute atomic E-state index is 0.0173. The Bertz CT molecular complexity index is 446. The number of carbonyl (C=O) groups is 1. The van der Waals surface area contributed by atoms with Gasteiger partial charge in [-0.3, -0.25) is 9.69 Å². The van der Waals surface area contributed by atoms with Crippen molar-refractivity contribution in [2.24, 2.45) is 0 Å². The first kappa shape index (κ1) is 19.5. The Kier molecular flexibility index (Phi) is 9.33. The summed E-state index contributed by atoms with van der Waals surface area (Å²) in [7, 11) is 3.62. The second kappa shape index (κ2) is 11.0. The Hall–Kier alpha value is -1.59. The van der Waals surface area contributed by atoms with Gasteiger partial charge in [0, 0.05) is 20.3 Å². The van der Waals surface area contributed by atoms with Crippen LogP contribution < -0.4 is 10.1 Å². The minimum atomic E-state index is 0.0173. The summed E-state index contributed by atoms with van der Waals surface area (Å²) in [5.41, 5.74) is 1.29. The van der Waals surface area contributed by atoms with Gasteiger partial charge in [-0.05, 0) is 37.1 Å². The first-order chi connectivity index (χ1) is 11.0. The van der Waals surface area contributed by atoms with Gasteiger partial charge >= 0.3 is 0 Å². The summed E-state index contributed by atoms with van der Waals surface area (Å²) in [4.78, 5) is 13.8. The zero-order chi connectivity index (χ0) is 17.1. The van der Waals surface area contributed by atoms with Crippen LogP contribution >= 0.6 is 0 Å². The molecule has 0 saturated carbocycles. The van der Waals surface area contributed by atoms with E-state index < -0.39 is 0 Å². The van der Waals surface area contributed by atoms with E-state index in [1.165, 1.54) is 5.56 Å². The third kappa shape index (κ3) is 8.57. The number of rotatable bonds is 11. The van der Waals surface area contributed by atoms with Gasteiger partial charge in [-0.2, -0.15) is 0 Å². The molecule has 0 radical (unpaired) electrons. The number of hydrogen-bond acceptors (Lipinski definition) is 4. The third-order valence-electron chi connectivity index (χ3n) is 3.54. The topological polar surface area (TPSA) is 50.8 Å². The highest BCUT2D eigenvalue weighted by molar-refractivity contribution is 5.77. The maximum atomic E-state index is 11.8. The zero-order valence-corrected chi connectivity index (χ0v) is 14.8. The standard InChI is InChI=1S/C18H30N2O3/c1-15(2)16-6-8-17(9-7-16)23-13-10-19-18(21)14-20(3)11-5-12-22-4/h6-9,15H,5,10-14H2,1-4H3,(H,19,21). The summed E-state index contributed by atoms with van der Waals surface area (Å²) in [6, 6.07) is 8.10. The molecule has 0 aliphatic rings. The summed E-state index contributed by atoms with van der Waals surface area (Å²) in [5, 5.41) is 2.87. The van der Waals surface area contributed by atoms with Gasteiger partial charge in [-0.15, -0.1) is 0 Å². The highest BCUT2D eigenvalue weighted by Gasteiger charge is 2.05. The van der Waals surface area contributed by atoms with Gasteiger partial charge in [0.1, 0.15) is 12.4 Å². The normalized spacial score (nSPS) is 11.0. The summed E-state index contributed by atoms with van der Waals surface area (Å²) >= 11 is 0. The molecule has 1 amide bonds. The Morgan fingerprint density at radius 2 is 1.91 bits per heavy atom. The van der Waals surface area contributed by atoms with E-state index in [-0.39, 0.29) is 5.91 Å². The van der Waals surface area contributed by atoms with E-state index >= 15 is 0 Å². The lowest BCUT2D eigenvalue weighted by Crippen LogP contribution is -2.37. The molecule has 0 atom stereocenters. The lowest BCUT2D eigenvalue weighted by molar-refractivity contribution is -0.122. The van der Waals surface area contributed by atoms with Crippen LogP contribution in [0.4, 0.5) is 0 Å². The fraction of sp³-hybridized carbons (Fsp3) is 0.611. The van der Waals surface area contributed by atoms with Crippen molar-refractivity contribution in [2.45, 2.75) is 26.2 Å². The van der Waals surface area contributed by atoms with E-state index in [9.17, 15) is 4.79 Å². The van der Waals surface area contributed by atoms with E-state index in [4.69, 9.17) is 9.47 Å². The Morgan fingerprint density at radius 1 is 1.22 bits per heavy atom. The van der Waals surface area contributed by atoms with E-state index in [2.05, 4.69) is 31.3 Å². The molecule has 0 aliphatic carbocycles. The molecule has 1 aromatic rings. The van der Waals surface area contributed by atoms with Crippen molar-refractivity contribution in [3.63, 3.8) is 0 Å². The summed E-state index contributed by atoms with van der Waals surface area (Å²) in [5.74, 6) is 1.37. The number of nitrogens with one attached hydrogen (secondary N) is 1. The van der Waals surface area contributed by atoms with Crippen LogP contribution in [0.5, 0.6) is 5.75 Å². The second-order valence-electron chi connectivity index (χ2n) is 6.01. The molecule has 0 saturated heterocycles. The van der Waals surface area contributed by atoms with Crippen LogP contribution in [-0.4, -0.2) is 57.8 Å². The summed E-state index contributed by atoms with van der Waals surface area (Å²) in [6.45, 7) is 7.27. The number of carbonyl (C=O) groups excluding carboxylic acids is 1. The number of nitrogens with zero attached hydrogens (tertiary/aromatic N) is 1. The molecule has 0 spiro atoms. The van der Waals surface area contributed by atoms with E-state index in [1.54, 1.807) is 7.11 Å². The largest absolute Gasteiger partial charge is 0.492 e. The molecule has 0 unspecified atom stereocenters. The van der Waals surface area contributed by atoms with E-state index in [0.717, 1.165) is 25.3 Å². The molecule has 0 aliphatic heterocycles. The molecule has 0 bridgehead atoms. The number of methoxy groups -OCH3 is 1. The molecule has 5 heteroatoms. The number of benzene rings is 1. The fourth-order valence-electron chi connectivity index (χ4n) is 2.17. The Labute approximate surface area is 140 Å². The predicted molar refractivity (Wildman–Crippen MR) is 93.0 cm³/mol. The highest BCUT2D eigenvalue weighted by Crippen LogP contribution is 2.18. The third-order valence-corrected chi connectivity index (χ3v) is 3.54. The van der Waals surface area contributed by atoms with Gasteiger partial charge < -0.3 is 14.8 Å². The zero-order valence-electron chi connectivity index (χ0n) is 14.8. The van der Waals surface area contributed by atoms with Gasteiger partial charge in [0.05, 0.1) is 13.1 Å². The first-order valence-corrected chi connectivity index (χ1v) is 8.20. The Balaban J connectivity index is 2.15. The SMILES string of the molecule is COCCCN(C)CC(=O)NCCOc1ccc(C(C)C)cc1. The number of ether oxygens (including phenoxy) is 2. The molecule has 1 rings (SSSR count). The van der Waals surface area contributed by atoms with Gasteiger partial charge in [0.15, 0.2) is 0 Å². The van der Waals surface area contributed by atoms with Crippen molar-refractivity contribution >= 4 is 5.91 Å². The molecule has 1 N–H and O–H groups in total. The lowest BCUT2D eigenvalue weighted by atomic mass is 10.0. The highest BCUT2D eigenvalue weighted by atomic mass is 16.5. The van der Waals surface area contributed by atoms with Crippen LogP contribution in [0.25, 0.3) is 0 Å². The van der Waals surface area contributed by atoms with Crippen molar-refractivity contribution < 1.29 is 14.3 Å². The van der Waals surface area contributed by atoms with Crippen molar-refractivity contribution in [3.05, 3.63) is 29.8 Å². The number of likely N-dealkylation sites (N-methyl/N-ethyl adjacent to an activating group) is 1. The van der Waals surface area contributed by atoms with Crippen LogP contribution in [0.15, 0.2) is 24.3 Å². The molecular formula is C18H30N2O3. The molecule has 130 valence electrons. The molecule has 0 heterocycles. The first-order valence-electron chi connectivity index (χ1n) is 8.20. The lowest BCUT2D eigenvalue weighted by Gasteiger charge is -2.16.